The summed E-state index contributed by atoms with van der Waals surface area (Å²) in [5, 5.41) is 29.8. The minimum Gasteiger partial charge on any atom is -0.459 e. The molecule has 1 heterocycles. The Morgan fingerprint density at radius 2 is 1.77 bits per heavy atom. The summed E-state index contributed by atoms with van der Waals surface area (Å²) in [6.45, 7) is 13.0. The van der Waals surface area contributed by atoms with Gasteiger partial charge in [-0.3, -0.25) is 4.79 Å². The highest BCUT2D eigenvalue weighted by atomic mass is 16.7. The Kier molecular flexibility index (Phi) is 13.7. The topological polar surface area (TPSA) is 139 Å². The van der Waals surface area contributed by atoms with Gasteiger partial charge in [0.05, 0.1) is 18.2 Å². The van der Waals surface area contributed by atoms with E-state index in [9.17, 15) is 15.0 Å². The number of nitrogens with one attached hydrogen (secondary N) is 1. The summed E-state index contributed by atoms with van der Waals surface area (Å²) in [7, 11) is 0. The predicted molar refractivity (Wildman–Crippen MR) is 233 cm³/mol. The molecule has 0 aromatic heterocycles. The number of hydrogen-bond donors (Lipinski definition) is 3. The number of allylic oxidation sites excluding steroid dienone is 1. The molecule has 60 heavy (non-hydrogen) atoms. The SMILES string of the molecule is C=CCOC12Oc3ccc(OC(=O)NCC)cc3C3C(CCCCO)C(CCCCO)C=C(C(=NOC(C)(C)C)CC1N(Cc1cccc4ccccc14)C(=O)C1CC1)C32. The van der Waals surface area contributed by atoms with Gasteiger partial charge < -0.3 is 39.5 Å². The summed E-state index contributed by atoms with van der Waals surface area (Å²) < 4.78 is 20.4. The number of benzene rings is 3. The number of rotatable bonds is 18. The van der Waals surface area contributed by atoms with Crippen molar-refractivity contribution in [1.82, 2.24) is 10.2 Å². The number of aliphatic hydroxyl groups is 2. The molecule has 2 fully saturated rings. The first kappa shape index (κ1) is 43.4. The first-order valence-electron chi connectivity index (χ1n) is 22.0. The number of oxime groups is 1. The number of ether oxygens (including phenoxy) is 3. The quantitative estimate of drug-likeness (QED) is 0.0658. The van der Waals surface area contributed by atoms with Crippen LogP contribution in [0.2, 0.25) is 0 Å². The summed E-state index contributed by atoms with van der Waals surface area (Å²) in [6.07, 6.45) is 10.1. The lowest BCUT2D eigenvalue weighted by atomic mass is 9.55. The first-order chi connectivity index (χ1) is 29.0. The second-order valence-corrected chi connectivity index (χ2v) is 17.8. The van der Waals surface area contributed by atoms with E-state index in [-0.39, 0.29) is 49.4 Å². The van der Waals surface area contributed by atoms with Gasteiger partial charge in [-0.15, -0.1) is 6.58 Å². The van der Waals surface area contributed by atoms with Crippen LogP contribution in [0, 0.1) is 23.7 Å². The molecule has 11 nitrogen and oxygen atoms in total. The third-order valence-electron chi connectivity index (χ3n) is 12.4. The zero-order valence-electron chi connectivity index (χ0n) is 35.7. The van der Waals surface area contributed by atoms with Crippen molar-refractivity contribution in [3.63, 3.8) is 0 Å². The number of aliphatic hydroxyl groups excluding tert-OH is 2. The van der Waals surface area contributed by atoms with Crippen molar-refractivity contribution >= 4 is 28.5 Å². The lowest BCUT2D eigenvalue weighted by molar-refractivity contribution is -0.258. The zero-order chi connectivity index (χ0) is 42.4. The van der Waals surface area contributed by atoms with Gasteiger partial charge in [-0.05, 0) is 118 Å². The Morgan fingerprint density at radius 3 is 2.48 bits per heavy atom. The van der Waals surface area contributed by atoms with Crippen LogP contribution in [0.25, 0.3) is 10.8 Å². The summed E-state index contributed by atoms with van der Waals surface area (Å²) in [6, 6.07) is 19.4. The maximum absolute atomic E-state index is 15.0. The number of unbranched alkanes of at least 4 members (excludes halogenated alkanes) is 2. The number of nitrogens with zero attached hydrogens (tertiary/aromatic N) is 2. The van der Waals surface area contributed by atoms with Crippen LogP contribution in [0.3, 0.4) is 0 Å². The highest BCUT2D eigenvalue weighted by Gasteiger charge is 2.66. The maximum Gasteiger partial charge on any atom is 0.412 e. The van der Waals surface area contributed by atoms with E-state index >= 15 is 4.79 Å². The van der Waals surface area contributed by atoms with E-state index in [0.29, 0.717) is 43.9 Å². The Balaban J connectivity index is 1.48. The molecule has 0 spiro atoms. The fraction of sp³-hybridized carbons (Fsp3) is 0.531. The fourth-order valence-corrected chi connectivity index (χ4v) is 9.71. The molecule has 3 aromatic rings. The molecule has 0 saturated heterocycles. The lowest BCUT2D eigenvalue weighted by Crippen LogP contribution is -2.70. The minimum atomic E-state index is -1.39. The molecule has 0 radical (unpaired) electrons. The second-order valence-electron chi connectivity index (χ2n) is 17.8. The van der Waals surface area contributed by atoms with E-state index < -0.39 is 29.4 Å². The van der Waals surface area contributed by atoms with Gasteiger partial charge in [0.15, 0.2) is 0 Å². The summed E-state index contributed by atoms with van der Waals surface area (Å²) in [5.74, 6) is -1.05. The molecular formula is C49H63N3O8. The van der Waals surface area contributed by atoms with Crippen molar-refractivity contribution in [1.29, 1.82) is 0 Å². The number of carbonyl (C=O) groups excluding carboxylic acids is 2. The van der Waals surface area contributed by atoms with Crippen LogP contribution in [-0.2, 0) is 20.9 Å². The number of amides is 2. The van der Waals surface area contributed by atoms with Crippen LogP contribution in [-0.4, -0.2) is 76.6 Å². The molecule has 3 aliphatic carbocycles. The minimum absolute atomic E-state index is 0.0345. The van der Waals surface area contributed by atoms with Gasteiger partial charge in [0.25, 0.3) is 0 Å². The van der Waals surface area contributed by atoms with Crippen molar-refractivity contribution in [2.24, 2.45) is 28.8 Å². The molecule has 3 N–H and O–H groups in total. The number of carbonyl (C=O) groups is 2. The molecule has 6 unspecified atom stereocenters. The zero-order valence-corrected chi connectivity index (χ0v) is 35.7. The fourth-order valence-electron chi connectivity index (χ4n) is 9.71. The van der Waals surface area contributed by atoms with E-state index in [4.69, 9.17) is 24.2 Å². The first-order valence-corrected chi connectivity index (χ1v) is 22.0. The summed E-state index contributed by atoms with van der Waals surface area (Å²) in [4.78, 5) is 36.1. The molecule has 7 rings (SSSR count). The van der Waals surface area contributed by atoms with E-state index in [1.807, 2.05) is 62.9 Å². The van der Waals surface area contributed by atoms with Gasteiger partial charge in [0, 0.05) is 50.1 Å². The molecule has 0 bridgehead atoms. The summed E-state index contributed by atoms with van der Waals surface area (Å²) in [5.41, 5.74) is 3.03. The molecule has 1 aliphatic heterocycles. The molecule has 2 amide bonds. The van der Waals surface area contributed by atoms with Gasteiger partial charge in [-0.1, -0.05) is 72.6 Å². The monoisotopic (exact) mass is 821 g/mol. The number of hydrogen-bond acceptors (Lipinski definition) is 9. The van der Waals surface area contributed by atoms with Gasteiger partial charge >= 0.3 is 6.09 Å². The van der Waals surface area contributed by atoms with Gasteiger partial charge in [-0.25, -0.2) is 4.79 Å². The Hall–Kier alpha value is -4.71. The van der Waals surface area contributed by atoms with Gasteiger partial charge in [0.2, 0.25) is 11.7 Å². The number of fused-ring (bicyclic) bond motifs is 3. The Bertz CT molecular complexity index is 2070. The van der Waals surface area contributed by atoms with E-state index in [2.05, 4.69) is 42.2 Å². The lowest BCUT2D eigenvalue weighted by Gasteiger charge is -2.60. The Morgan fingerprint density at radius 1 is 1.02 bits per heavy atom. The average Bonchev–Trinajstić information content (AvgIpc) is 4.08. The highest BCUT2D eigenvalue weighted by molar-refractivity contribution is 6.03. The third-order valence-corrected chi connectivity index (χ3v) is 12.4. The van der Waals surface area contributed by atoms with Crippen LogP contribution in [0.15, 0.2) is 90.1 Å². The Labute approximate surface area is 354 Å². The normalized spacial score (nSPS) is 25.1. The largest absolute Gasteiger partial charge is 0.459 e. The summed E-state index contributed by atoms with van der Waals surface area (Å²) >= 11 is 0. The molecule has 3 aromatic carbocycles. The average molecular weight is 822 g/mol. The van der Waals surface area contributed by atoms with Crippen molar-refractivity contribution in [3.8, 4) is 11.5 Å². The van der Waals surface area contributed by atoms with Crippen LogP contribution in [0.1, 0.15) is 103 Å². The van der Waals surface area contributed by atoms with Crippen molar-refractivity contribution in [2.75, 3.05) is 26.4 Å². The van der Waals surface area contributed by atoms with Crippen LogP contribution < -0.4 is 14.8 Å². The van der Waals surface area contributed by atoms with Crippen LogP contribution in [0.4, 0.5) is 4.79 Å². The molecule has 11 heteroatoms. The highest BCUT2D eigenvalue weighted by Crippen LogP contribution is 2.62. The second kappa shape index (κ2) is 18.9. The van der Waals surface area contributed by atoms with E-state index in [0.717, 1.165) is 71.7 Å². The van der Waals surface area contributed by atoms with Gasteiger partial charge in [0.1, 0.15) is 23.1 Å². The molecule has 322 valence electrons. The van der Waals surface area contributed by atoms with Crippen molar-refractivity contribution in [2.45, 2.75) is 115 Å². The van der Waals surface area contributed by atoms with E-state index in [1.54, 1.807) is 12.1 Å². The molecular weight excluding hydrogens is 759 g/mol. The maximum atomic E-state index is 15.0. The van der Waals surface area contributed by atoms with Crippen molar-refractivity contribution in [3.05, 3.63) is 96.1 Å². The standard InChI is InChI=1S/C49H63N3O8/c1-6-27-57-49-43(52(46(55)33-21-22-33)31-35-18-14-17-32-15-8-9-19-37(32)35)30-41(51-60-48(3,4)5)39-28-34(16-10-12-25-53)38(20-11-13-26-54)44(45(39)49)40-29-36(23-24-42(40)59-49)58-47(56)50-7-2/h6,8-9,14-15,17-19,23-24,28-29,33-34,38,43-45,53-54H,1,7,10-13,16,20-22,25-27,30-31H2,2-5H3,(H,50,56). The molecule has 2 saturated carbocycles. The molecule has 6 atom stereocenters. The van der Waals surface area contributed by atoms with Crippen LogP contribution >= 0.6 is 0 Å². The van der Waals surface area contributed by atoms with Crippen molar-refractivity contribution < 1.29 is 38.9 Å². The van der Waals surface area contributed by atoms with E-state index in [1.165, 1.54) is 0 Å². The third kappa shape index (κ3) is 9.28. The van der Waals surface area contributed by atoms with Crippen LogP contribution in [0.5, 0.6) is 11.5 Å². The molecule has 4 aliphatic rings. The smallest absolute Gasteiger partial charge is 0.412 e. The predicted octanol–water partition coefficient (Wildman–Crippen LogP) is 8.82. The van der Waals surface area contributed by atoms with Gasteiger partial charge in [-0.2, -0.15) is 0 Å².